The second kappa shape index (κ2) is 10.3. The van der Waals surface area contributed by atoms with Crippen molar-refractivity contribution in [1.82, 2.24) is 20.2 Å². The third-order valence-electron chi connectivity index (χ3n) is 4.72. The zero-order valence-electron chi connectivity index (χ0n) is 17.3. The second-order valence-corrected chi connectivity index (χ2v) is 8.45. The lowest BCUT2D eigenvalue weighted by Gasteiger charge is -2.14. The molecule has 1 unspecified atom stereocenters. The number of aryl methyl sites for hydroxylation is 1. The molecule has 1 fully saturated rings. The molecule has 1 atom stereocenters. The van der Waals surface area contributed by atoms with E-state index < -0.39 is 12.5 Å². The molecule has 4 heterocycles. The number of aromatic nitrogens is 4. The lowest BCUT2D eigenvalue weighted by molar-refractivity contribution is -0.0496. The smallest absolute Gasteiger partial charge is 0.387 e. The maximum Gasteiger partial charge on any atom is 0.387 e. The van der Waals surface area contributed by atoms with Crippen LogP contribution in [0.1, 0.15) is 22.5 Å². The Labute approximate surface area is 196 Å². The van der Waals surface area contributed by atoms with Gasteiger partial charge in [-0.25, -0.2) is 4.98 Å². The molecule has 1 saturated heterocycles. The number of carbonyl (C=O) groups excluding carboxylic acids is 1. The van der Waals surface area contributed by atoms with Crippen LogP contribution >= 0.6 is 22.9 Å². The standard InChI is InChI=1S/C20H18ClF2N5O4S/c1-10-4-12(13-5-16(21)25-7-15(13)32-18(22)23)14(6-24-10)17(29)26-19-27-28-20(33-19)31-9-11-2-3-30-8-11/h4-7,11,18H,2-3,8-9H2,1H3,(H,26,27,29). The van der Waals surface area contributed by atoms with Crippen LogP contribution < -0.4 is 14.8 Å². The van der Waals surface area contributed by atoms with E-state index in [1.54, 1.807) is 13.0 Å². The van der Waals surface area contributed by atoms with Crippen molar-refractivity contribution in [3.63, 3.8) is 0 Å². The van der Waals surface area contributed by atoms with E-state index in [0.717, 1.165) is 24.0 Å². The molecule has 0 aliphatic carbocycles. The average Bonchev–Trinajstić information content (AvgIpc) is 3.45. The average molecular weight is 498 g/mol. The molecule has 0 aromatic carbocycles. The summed E-state index contributed by atoms with van der Waals surface area (Å²) in [6.07, 6.45) is 3.33. The van der Waals surface area contributed by atoms with Gasteiger partial charge in [0.2, 0.25) is 5.13 Å². The number of rotatable bonds is 8. The number of pyridine rings is 2. The van der Waals surface area contributed by atoms with Gasteiger partial charge in [0.15, 0.2) is 5.75 Å². The predicted molar refractivity (Wildman–Crippen MR) is 116 cm³/mol. The summed E-state index contributed by atoms with van der Waals surface area (Å²) in [7, 11) is 0. The Bertz CT molecular complexity index is 1140. The summed E-state index contributed by atoms with van der Waals surface area (Å²) in [6, 6.07) is 2.91. The Morgan fingerprint density at radius 3 is 2.91 bits per heavy atom. The monoisotopic (exact) mass is 497 g/mol. The van der Waals surface area contributed by atoms with Gasteiger partial charge in [-0.05, 0) is 36.8 Å². The molecule has 1 N–H and O–H groups in total. The summed E-state index contributed by atoms with van der Waals surface area (Å²) in [6.45, 7) is 0.422. The minimum absolute atomic E-state index is 0.0472. The highest BCUT2D eigenvalue weighted by Crippen LogP contribution is 2.35. The fourth-order valence-electron chi connectivity index (χ4n) is 3.17. The van der Waals surface area contributed by atoms with E-state index in [2.05, 4.69) is 30.2 Å². The molecule has 4 rings (SSSR count). The largest absolute Gasteiger partial charge is 0.469 e. The summed E-state index contributed by atoms with van der Waals surface area (Å²) < 4.78 is 41.3. The number of ether oxygens (including phenoxy) is 3. The van der Waals surface area contributed by atoms with Crippen LogP contribution in [-0.2, 0) is 4.74 Å². The van der Waals surface area contributed by atoms with E-state index in [1.165, 1.54) is 12.3 Å². The first-order chi connectivity index (χ1) is 15.9. The van der Waals surface area contributed by atoms with Crippen molar-refractivity contribution in [2.24, 2.45) is 5.92 Å². The molecule has 0 spiro atoms. The van der Waals surface area contributed by atoms with Crippen molar-refractivity contribution in [3.8, 4) is 22.1 Å². The maximum atomic E-state index is 13.0. The van der Waals surface area contributed by atoms with Gasteiger partial charge in [-0.3, -0.25) is 15.1 Å². The summed E-state index contributed by atoms with van der Waals surface area (Å²) in [5.41, 5.74) is 1.12. The van der Waals surface area contributed by atoms with Crippen molar-refractivity contribution in [2.75, 3.05) is 25.1 Å². The molecule has 1 aliphatic heterocycles. The molecular formula is C20H18ClF2N5O4S. The predicted octanol–water partition coefficient (Wildman–Crippen LogP) is 4.23. The third-order valence-corrected chi connectivity index (χ3v) is 5.68. The molecule has 3 aromatic heterocycles. The Hall–Kier alpha value is -2.96. The van der Waals surface area contributed by atoms with Crippen molar-refractivity contribution < 1.29 is 27.8 Å². The fourth-order valence-corrected chi connectivity index (χ4v) is 3.93. The molecule has 1 amide bonds. The minimum atomic E-state index is -3.08. The van der Waals surface area contributed by atoms with E-state index in [0.29, 0.717) is 42.2 Å². The van der Waals surface area contributed by atoms with E-state index in [-0.39, 0.29) is 27.2 Å². The number of alkyl halides is 2. The third kappa shape index (κ3) is 5.89. The number of nitrogens with one attached hydrogen (secondary N) is 1. The van der Waals surface area contributed by atoms with E-state index >= 15 is 0 Å². The Balaban J connectivity index is 1.56. The van der Waals surface area contributed by atoms with Gasteiger partial charge < -0.3 is 14.2 Å². The first kappa shape index (κ1) is 23.2. The maximum absolute atomic E-state index is 13.0. The van der Waals surface area contributed by atoms with E-state index in [4.69, 9.17) is 21.1 Å². The lowest BCUT2D eigenvalue weighted by atomic mass is 10.0. The van der Waals surface area contributed by atoms with Gasteiger partial charge in [0, 0.05) is 35.5 Å². The number of carbonyl (C=O) groups is 1. The molecule has 33 heavy (non-hydrogen) atoms. The first-order valence-corrected chi connectivity index (χ1v) is 11.0. The van der Waals surface area contributed by atoms with Crippen LogP contribution in [-0.4, -0.2) is 52.5 Å². The van der Waals surface area contributed by atoms with Crippen molar-refractivity contribution >= 4 is 34.0 Å². The van der Waals surface area contributed by atoms with Crippen LogP contribution in [0.5, 0.6) is 10.9 Å². The summed E-state index contributed by atoms with van der Waals surface area (Å²) in [5.74, 6) is -0.498. The first-order valence-electron chi connectivity index (χ1n) is 9.82. The number of anilines is 1. The Kier molecular flexibility index (Phi) is 7.26. The van der Waals surface area contributed by atoms with Crippen LogP contribution in [0.4, 0.5) is 13.9 Å². The molecule has 0 radical (unpaired) electrons. The zero-order valence-corrected chi connectivity index (χ0v) is 18.8. The normalized spacial score (nSPS) is 15.6. The molecular weight excluding hydrogens is 480 g/mol. The SMILES string of the molecule is Cc1cc(-c2cc(Cl)ncc2OC(F)F)c(C(=O)Nc2nnc(OCC3CCOC3)s2)cn1. The highest BCUT2D eigenvalue weighted by molar-refractivity contribution is 7.17. The number of halogens is 3. The number of hydrogen-bond donors (Lipinski definition) is 1. The summed E-state index contributed by atoms with van der Waals surface area (Å²) in [5, 5.41) is 11.1. The quantitative estimate of drug-likeness (QED) is 0.461. The molecule has 3 aromatic rings. The number of nitrogens with zero attached hydrogens (tertiary/aromatic N) is 4. The van der Waals surface area contributed by atoms with Crippen LogP contribution in [0.15, 0.2) is 24.5 Å². The van der Waals surface area contributed by atoms with Gasteiger partial charge in [0.05, 0.1) is 25.0 Å². The number of amides is 1. The van der Waals surface area contributed by atoms with Crippen molar-refractivity contribution in [1.29, 1.82) is 0 Å². The summed E-state index contributed by atoms with van der Waals surface area (Å²) in [4.78, 5) is 20.9. The van der Waals surface area contributed by atoms with Crippen molar-refractivity contribution in [3.05, 3.63) is 40.9 Å². The van der Waals surface area contributed by atoms with Crippen LogP contribution in [0.2, 0.25) is 5.15 Å². The molecule has 1 aliphatic rings. The van der Waals surface area contributed by atoms with Gasteiger partial charge in [0.1, 0.15) is 5.15 Å². The van der Waals surface area contributed by atoms with Gasteiger partial charge in [-0.2, -0.15) is 8.78 Å². The lowest BCUT2D eigenvalue weighted by Crippen LogP contribution is -2.14. The summed E-state index contributed by atoms with van der Waals surface area (Å²) >= 11 is 7.04. The van der Waals surface area contributed by atoms with Crippen LogP contribution in [0.3, 0.4) is 0 Å². The minimum Gasteiger partial charge on any atom is -0.469 e. The Morgan fingerprint density at radius 2 is 2.15 bits per heavy atom. The topological polar surface area (TPSA) is 108 Å². The highest BCUT2D eigenvalue weighted by Gasteiger charge is 2.22. The van der Waals surface area contributed by atoms with E-state index in [9.17, 15) is 13.6 Å². The number of hydrogen-bond acceptors (Lipinski definition) is 9. The molecule has 0 bridgehead atoms. The zero-order chi connectivity index (χ0) is 23.4. The van der Waals surface area contributed by atoms with Crippen LogP contribution in [0.25, 0.3) is 11.1 Å². The molecule has 174 valence electrons. The molecule has 0 saturated carbocycles. The van der Waals surface area contributed by atoms with E-state index in [1.807, 2.05) is 0 Å². The second-order valence-electron chi connectivity index (χ2n) is 7.12. The van der Waals surface area contributed by atoms with Gasteiger partial charge >= 0.3 is 6.61 Å². The molecule has 9 nitrogen and oxygen atoms in total. The van der Waals surface area contributed by atoms with Gasteiger partial charge in [-0.15, -0.1) is 5.10 Å². The molecule has 13 heteroatoms. The van der Waals surface area contributed by atoms with Crippen LogP contribution in [0, 0.1) is 12.8 Å². The fraction of sp³-hybridized carbons (Fsp3) is 0.350. The highest BCUT2D eigenvalue weighted by atomic mass is 35.5. The Morgan fingerprint density at radius 1 is 1.30 bits per heavy atom. The van der Waals surface area contributed by atoms with Gasteiger partial charge in [0.25, 0.3) is 11.1 Å². The van der Waals surface area contributed by atoms with Gasteiger partial charge in [-0.1, -0.05) is 16.7 Å². The van der Waals surface area contributed by atoms with Crippen molar-refractivity contribution in [2.45, 2.75) is 20.0 Å².